The van der Waals surface area contributed by atoms with E-state index < -0.39 is 0 Å². The molecule has 0 aliphatic carbocycles. The zero-order valence-electron chi connectivity index (χ0n) is 8.95. The first-order chi connectivity index (χ1) is 7.34. The molecular formula is C12H17NOS. The van der Waals surface area contributed by atoms with Crippen molar-refractivity contribution in [1.29, 1.82) is 0 Å². The van der Waals surface area contributed by atoms with Crippen LogP contribution in [0, 0.1) is 0 Å². The van der Waals surface area contributed by atoms with Crippen molar-refractivity contribution >= 4 is 17.1 Å². The first kappa shape index (κ1) is 10.8. The van der Waals surface area contributed by atoms with Gasteiger partial charge < -0.3 is 4.90 Å². The highest BCUT2D eigenvalue weighted by Crippen LogP contribution is 2.12. The topological polar surface area (TPSA) is 20.3 Å². The lowest BCUT2D eigenvalue weighted by Crippen LogP contribution is -2.34. The van der Waals surface area contributed by atoms with Crippen molar-refractivity contribution in [2.24, 2.45) is 0 Å². The van der Waals surface area contributed by atoms with E-state index in [0.29, 0.717) is 5.78 Å². The summed E-state index contributed by atoms with van der Waals surface area (Å²) in [4.78, 5) is 14.9. The molecule has 0 saturated carbocycles. The number of rotatable bonds is 4. The van der Waals surface area contributed by atoms with Crippen molar-refractivity contribution in [3.63, 3.8) is 0 Å². The molecule has 0 aromatic carbocycles. The van der Waals surface area contributed by atoms with Crippen LogP contribution in [0.15, 0.2) is 17.5 Å². The Morgan fingerprint density at radius 1 is 1.33 bits per heavy atom. The minimum absolute atomic E-state index is 0.435. The van der Waals surface area contributed by atoms with Crippen LogP contribution in [0.5, 0.6) is 0 Å². The van der Waals surface area contributed by atoms with Crippen molar-refractivity contribution in [2.75, 3.05) is 19.6 Å². The minimum atomic E-state index is 0.435. The average Bonchev–Trinajstić information content (AvgIpc) is 2.74. The molecule has 0 atom stereocenters. The maximum absolute atomic E-state index is 11.0. The van der Waals surface area contributed by atoms with Crippen molar-refractivity contribution in [3.8, 4) is 0 Å². The van der Waals surface area contributed by atoms with Crippen LogP contribution in [0.3, 0.4) is 0 Å². The highest BCUT2D eigenvalue weighted by Gasteiger charge is 2.15. The molecule has 3 heteroatoms. The van der Waals surface area contributed by atoms with Gasteiger partial charge in [-0.25, -0.2) is 0 Å². The quantitative estimate of drug-likeness (QED) is 0.781. The maximum Gasteiger partial charge on any atom is 0.135 e. The summed E-state index contributed by atoms with van der Waals surface area (Å²) >= 11 is 1.84. The summed E-state index contributed by atoms with van der Waals surface area (Å²) < 4.78 is 0. The van der Waals surface area contributed by atoms with Crippen molar-refractivity contribution in [1.82, 2.24) is 4.90 Å². The van der Waals surface area contributed by atoms with Gasteiger partial charge in [0.05, 0.1) is 0 Å². The van der Waals surface area contributed by atoms with Crippen LogP contribution in [0.1, 0.15) is 24.1 Å². The SMILES string of the molecule is O=C1CCN(CCCc2cccs2)CC1. The van der Waals surface area contributed by atoms with Gasteiger partial charge in [-0.15, -0.1) is 11.3 Å². The zero-order chi connectivity index (χ0) is 10.5. The molecule has 1 aliphatic heterocycles. The standard InChI is InChI=1S/C12H17NOS/c14-11-5-8-13(9-6-11)7-1-3-12-4-2-10-15-12/h2,4,10H,1,3,5-9H2. The molecule has 1 aliphatic rings. The lowest BCUT2D eigenvalue weighted by Gasteiger charge is -2.25. The molecule has 82 valence electrons. The predicted molar refractivity (Wildman–Crippen MR) is 63.3 cm³/mol. The minimum Gasteiger partial charge on any atom is -0.302 e. The molecule has 0 spiro atoms. The Balaban J connectivity index is 1.64. The van der Waals surface area contributed by atoms with Crippen LogP contribution >= 0.6 is 11.3 Å². The highest BCUT2D eigenvalue weighted by molar-refractivity contribution is 7.09. The lowest BCUT2D eigenvalue weighted by molar-refractivity contribution is -0.121. The number of nitrogens with zero attached hydrogens (tertiary/aromatic N) is 1. The van der Waals surface area contributed by atoms with Gasteiger partial charge in [0.1, 0.15) is 5.78 Å². The van der Waals surface area contributed by atoms with Crippen LogP contribution in [0.25, 0.3) is 0 Å². The van der Waals surface area contributed by atoms with Crippen molar-refractivity contribution in [3.05, 3.63) is 22.4 Å². The second kappa shape index (κ2) is 5.42. The van der Waals surface area contributed by atoms with Gasteiger partial charge in [0, 0.05) is 30.8 Å². The summed E-state index contributed by atoms with van der Waals surface area (Å²) in [5, 5.41) is 2.13. The average molecular weight is 223 g/mol. The number of aryl methyl sites for hydroxylation is 1. The second-order valence-corrected chi connectivity index (χ2v) is 5.10. The zero-order valence-corrected chi connectivity index (χ0v) is 9.76. The number of ketones is 1. The molecule has 2 heterocycles. The Hall–Kier alpha value is -0.670. The predicted octanol–water partition coefficient (Wildman–Crippen LogP) is 2.35. The molecule has 2 nitrogen and oxygen atoms in total. The van der Waals surface area contributed by atoms with Crippen molar-refractivity contribution < 1.29 is 4.79 Å². The summed E-state index contributed by atoms with van der Waals surface area (Å²) in [6.45, 7) is 3.09. The number of carbonyl (C=O) groups is 1. The normalized spacial score (nSPS) is 18.3. The van der Waals surface area contributed by atoms with E-state index in [9.17, 15) is 4.79 Å². The van der Waals surface area contributed by atoms with E-state index in [-0.39, 0.29) is 0 Å². The van der Waals surface area contributed by atoms with Gasteiger partial charge in [0.25, 0.3) is 0 Å². The molecule has 1 fully saturated rings. The first-order valence-electron chi connectivity index (χ1n) is 5.61. The van der Waals surface area contributed by atoms with E-state index >= 15 is 0 Å². The fourth-order valence-electron chi connectivity index (χ4n) is 1.96. The fourth-order valence-corrected chi connectivity index (χ4v) is 2.71. The molecular weight excluding hydrogens is 206 g/mol. The molecule has 0 N–H and O–H groups in total. The molecule has 0 radical (unpaired) electrons. The summed E-state index contributed by atoms with van der Waals surface area (Å²) in [5.41, 5.74) is 0. The van der Waals surface area contributed by atoms with Crippen molar-refractivity contribution in [2.45, 2.75) is 25.7 Å². The van der Waals surface area contributed by atoms with Crippen LogP contribution in [-0.2, 0) is 11.2 Å². The third kappa shape index (κ3) is 3.43. The van der Waals surface area contributed by atoms with Crippen LogP contribution < -0.4 is 0 Å². The number of likely N-dealkylation sites (tertiary alicyclic amines) is 1. The first-order valence-corrected chi connectivity index (χ1v) is 6.49. The Labute approximate surface area is 94.9 Å². The number of thiophene rings is 1. The monoisotopic (exact) mass is 223 g/mol. The number of piperidine rings is 1. The van der Waals surface area contributed by atoms with Gasteiger partial charge in [0.15, 0.2) is 0 Å². The van der Waals surface area contributed by atoms with Gasteiger partial charge >= 0.3 is 0 Å². The Kier molecular flexibility index (Phi) is 3.92. The molecule has 1 aromatic heterocycles. The number of carbonyl (C=O) groups excluding carboxylic acids is 1. The molecule has 2 rings (SSSR count). The second-order valence-electron chi connectivity index (χ2n) is 4.06. The van der Waals surface area contributed by atoms with E-state index in [1.807, 2.05) is 11.3 Å². The Morgan fingerprint density at radius 3 is 2.80 bits per heavy atom. The molecule has 1 aromatic rings. The van der Waals surface area contributed by atoms with E-state index in [4.69, 9.17) is 0 Å². The van der Waals surface area contributed by atoms with E-state index in [1.54, 1.807) is 0 Å². The molecule has 0 unspecified atom stereocenters. The highest BCUT2D eigenvalue weighted by atomic mass is 32.1. The summed E-state index contributed by atoms with van der Waals surface area (Å²) in [6.07, 6.45) is 3.93. The van der Waals surface area contributed by atoms with Crippen LogP contribution in [-0.4, -0.2) is 30.3 Å². The summed E-state index contributed by atoms with van der Waals surface area (Å²) in [5.74, 6) is 0.435. The number of hydrogen-bond acceptors (Lipinski definition) is 3. The van der Waals surface area contributed by atoms with E-state index in [2.05, 4.69) is 22.4 Å². The molecule has 15 heavy (non-hydrogen) atoms. The maximum atomic E-state index is 11.0. The fraction of sp³-hybridized carbons (Fsp3) is 0.583. The molecule has 1 saturated heterocycles. The Bertz CT molecular complexity index is 297. The van der Waals surface area contributed by atoms with Gasteiger partial charge in [0.2, 0.25) is 0 Å². The third-order valence-electron chi connectivity index (χ3n) is 2.89. The largest absolute Gasteiger partial charge is 0.302 e. The van der Waals surface area contributed by atoms with Gasteiger partial charge in [-0.3, -0.25) is 4.79 Å². The molecule has 0 bridgehead atoms. The van der Waals surface area contributed by atoms with Gasteiger partial charge in [-0.05, 0) is 30.8 Å². The van der Waals surface area contributed by atoms with Crippen LogP contribution in [0.2, 0.25) is 0 Å². The lowest BCUT2D eigenvalue weighted by atomic mass is 10.1. The molecule has 0 amide bonds. The third-order valence-corrected chi connectivity index (χ3v) is 3.83. The Morgan fingerprint density at radius 2 is 2.13 bits per heavy atom. The number of Topliss-reactive ketones (excluding diaryl/α,β-unsaturated/α-hetero) is 1. The van der Waals surface area contributed by atoms with Gasteiger partial charge in [-0.1, -0.05) is 6.07 Å². The number of hydrogen-bond donors (Lipinski definition) is 0. The van der Waals surface area contributed by atoms with E-state index in [1.165, 1.54) is 17.7 Å². The van der Waals surface area contributed by atoms with Gasteiger partial charge in [-0.2, -0.15) is 0 Å². The summed E-state index contributed by atoms with van der Waals surface area (Å²) in [7, 11) is 0. The summed E-state index contributed by atoms with van der Waals surface area (Å²) in [6, 6.07) is 4.31. The van der Waals surface area contributed by atoms with E-state index in [0.717, 1.165) is 32.5 Å². The van der Waals surface area contributed by atoms with Crippen LogP contribution in [0.4, 0.5) is 0 Å². The smallest absolute Gasteiger partial charge is 0.135 e.